The van der Waals surface area contributed by atoms with Crippen molar-refractivity contribution >= 4 is 5.78 Å². The van der Waals surface area contributed by atoms with Gasteiger partial charge in [-0.2, -0.15) is 0 Å². The third-order valence-electron chi connectivity index (χ3n) is 4.80. The molecular formula is C19H25NO3. The largest absolute Gasteiger partial charge is 0.501 e. The lowest BCUT2D eigenvalue weighted by Crippen LogP contribution is -2.38. The minimum Gasteiger partial charge on any atom is -0.501 e. The Morgan fingerprint density at radius 3 is 2.70 bits per heavy atom. The lowest BCUT2D eigenvalue weighted by Gasteiger charge is -2.32. The maximum atomic E-state index is 12.7. The first-order valence-electron chi connectivity index (χ1n) is 8.42. The van der Waals surface area contributed by atoms with Crippen LogP contribution in [-0.4, -0.2) is 50.6 Å². The summed E-state index contributed by atoms with van der Waals surface area (Å²) in [5, 5.41) is 0. The molecule has 0 saturated carbocycles. The Bertz CT molecular complexity index is 561. The number of benzene rings is 1. The molecule has 0 amide bonds. The number of Topliss-reactive ketones (excluding diaryl/α,β-unsaturated/α-hetero) is 1. The Labute approximate surface area is 138 Å². The molecule has 4 heteroatoms. The van der Waals surface area contributed by atoms with Crippen LogP contribution in [0.5, 0.6) is 0 Å². The second kappa shape index (κ2) is 7.75. The molecule has 124 valence electrons. The first-order chi connectivity index (χ1) is 11.3. The first kappa shape index (κ1) is 16.2. The van der Waals surface area contributed by atoms with E-state index in [0.717, 1.165) is 63.4 Å². The smallest absolute Gasteiger partial charge is 0.166 e. The van der Waals surface area contributed by atoms with Gasteiger partial charge in [-0.05, 0) is 18.4 Å². The van der Waals surface area contributed by atoms with Gasteiger partial charge in [0.1, 0.15) is 0 Å². The van der Waals surface area contributed by atoms with E-state index in [4.69, 9.17) is 9.47 Å². The molecule has 3 rings (SSSR count). The first-order valence-corrected chi connectivity index (χ1v) is 8.42. The number of carbonyl (C=O) groups is 1. The van der Waals surface area contributed by atoms with Crippen LogP contribution in [0.3, 0.4) is 0 Å². The number of nitrogens with zero attached hydrogens (tertiary/aromatic N) is 1. The van der Waals surface area contributed by atoms with Crippen LogP contribution in [0.25, 0.3) is 0 Å². The number of morpholine rings is 1. The summed E-state index contributed by atoms with van der Waals surface area (Å²) in [7, 11) is 1.74. The van der Waals surface area contributed by atoms with Crippen molar-refractivity contribution in [2.45, 2.75) is 19.3 Å². The SMILES string of the molecule is COC1=C(CN2CCOCC2)C[C@H](C(=O)c2ccccc2)CC1. The van der Waals surface area contributed by atoms with E-state index in [-0.39, 0.29) is 11.7 Å². The van der Waals surface area contributed by atoms with E-state index in [2.05, 4.69) is 4.90 Å². The fourth-order valence-corrected chi connectivity index (χ4v) is 3.49. The number of hydrogen-bond donors (Lipinski definition) is 0. The Kier molecular flexibility index (Phi) is 5.47. The highest BCUT2D eigenvalue weighted by Gasteiger charge is 2.28. The number of ether oxygens (including phenoxy) is 2. The Balaban J connectivity index is 1.69. The van der Waals surface area contributed by atoms with E-state index in [1.807, 2.05) is 30.3 Å². The van der Waals surface area contributed by atoms with Gasteiger partial charge in [-0.3, -0.25) is 9.69 Å². The van der Waals surface area contributed by atoms with Gasteiger partial charge in [0.05, 0.1) is 26.1 Å². The highest BCUT2D eigenvalue weighted by Crippen LogP contribution is 2.32. The van der Waals surface area contributed by atoms with Gasteiger partial charge in [-0.15, -0.1) is 0 Å². The van der Waals surface area contributed by atoms with Gasteiger partial charge < -0.3 is 9.47 Å². The number of ketones is 1. The maximum Gasteiger partial charge on any atom is 0.166 e. The fraction of sp³-hybridized carbons (Fsp3) is 0.526. The lowest BCUT2D eigenvalue weighted by atomic mass is 9.82. The summed E-state index contributed by atoms with van der Waals surface area (Å²) in [5.41, 5.74) is 2.11. The summed E-state index contributed by atoms with van der Waals surface area (Å²) in [6.07, 6.45) is 2.55. The molecule has 2 aliphatic rings. The Morgan fingerprint density at radius 2 is 2.00 bits per heavy atom. The van der Waals surface area contributed by atoms with Crippen molar-refractivity contribution in [2.75, 3.05) is 40.0 Å². The van der Waals surface area contributed by atoms with Crippen molar-refractivity contribution in [2.24, 2.45) is 5.92 Å². The highest BCUT2D eigenvalue weighted by molar-refractivity contribution is 5.98. The highest BCUT2D eigenvalue weighted by atomic mass is 16.5. The van der Waals surface area contributed by atoms with Crippen molar-refractivity contribution in [1.82, 2.24) is 4.90 Å². The van der Waals surface area contributed by atoms with E-state index in [9.17, 15) is 4.79 Å². The molecule has 0 bridgehead atoms. The molecule has 0 N–H and O–H groups in total. The standard InChI is InChI=1S/C19H25NO3/c1-22-18-8-7-16(19(21)15-5-3-2-4-6-15)13-17(18)14-20-9-11-23-12-10-20/h2-6,16H,7-14H2,1H3/t16-/m1/s1. The van der Waals surface area contributed by atoms with E-state index in [0.29, 0.717) is 0 Å². The summed E-state index contributed by atoms with van der Waals surface area (Å²) in [6, 6.07) is 9.64. The predicted molar refractivity (Wildman–Crippen MR) is 89.4 cm³/mol. The number of rotatable bonds is 5. The van der Waals surface area contributed by atoms with E-state index >= 15 is 0 Å². The second-order valence-corrected chi connectivity index (χ2v) is 6.29. The van der Waals surface area contributed by atoms with Crippen molar-refractivity contribution in [3.8, 4) is 0 Å². The van der Waals surface area contributed by atoms with Gasteiger partial charge in [0.25, 0.3) is 0 Å². The molecule has 0 aromatic heterocycles. The van der Waals surface area contributed by atoms with Crippen molar-refractivity contribution in [3.05, 3.63) is 47.2 Å². The zero-order chi connectivity index (χ0) is 16.1. The average Bonchev–Trinajstić information content (AvgIpc) is 2.62. The third kappa shape index (κ3) is 4.01. The summed E-state index contributed by atoms with van der Waals surface area (Å²) < 4.78 is 11.0. The number of methoxy groups -OCH3 is 1. The van der Waals surface area contributed by atoms with Gasteiger partial charge in [0, 0.05) is 37.5 Å². The van der Waals surface area contributed by atoms with Crippen LogP contribution >= 0.6 is 0 Å². The molecule has 4 nitrogen and oxygen atoms in total. The van der Waals surface area contributed by atoms with Crippen molar-refractivity contribution in [1.29, 1.82) is 0 Å². The van der Waals surface area contributed by atoms with Gasteiger partial charge >= 0.3 is 0 Å². The maximum absolute atomic E-state index is 12.7. The molecule has 23 heavy (non-hydrogen) atoms. The van der Waals surface area contributed by atoms with E-state index < -0.39 is 0 Å². The molecule has 0 radical (unpaired) electrons. The predicted octanol–water partition coefficient (Wildman–Crippen LogP) is 2.90. The topological polar surface area (TPSA) is 38.8 Å². The molecule has 1 atom stereocenters. The number of carbonyl (C=O) groups excluding carboxylic acids is 1. The monoisotopic (exact) mass is 315 g/mol. The second-order valence-electron chi connectivity index (χ2n) is 6.29. The van der Waals surface area contributed by atoms with Crippen LogP contribution < -0.4 is 0 Å². The fourth-order valence-electron chi connectivity index (χ4n) is 3.49. The van der Waals surface area contributed by atoms with Crippen molar-refractivity contribution < 1.29 is 14.3 Å². The molecule has 1 aromatic rings. The summed E-state index contributed by atoms with van der Waals surface area (Å²) in [6.45, 7) is 4.39. The van der Waals surface area contributed by atoms with Crippen LogP contribution in [-0.2, 0) is 9.47 Å². The molecule has 0 unspecified atom stereocenters. The van der Waals surface area contributed by atoms with Crippen molar-refractivity contribution in [3.63, 3.8) is 0 Å². The van der Waals surface area contributed by atoms with Gasteiger partial charge in [0.15, 0.2) is 5.78 Å². The molecule has 1 fully saturated rings. The average molecular weight is 315 g/mol. The third-order valence-corrected chi connectivity index (χ3v) is 4.80. The van der Waals surface area contributed by atoms with Crippen LogP contribution in [0.15, 0.2) is 41.7 Å². The molecule has 1 aliphatic carbocycles. The minimum absolute atomic E-state index is 0.0762. The van der Waals surface area contributed by atoms with Gasteiger partial charge in [-0.1, -0.05) is 30.3 Å². The van der Waals surface area contributed by atoms with E-state index in [1.165, 1.54) is 5.57 Å². The Hall–Kier alpha value is -1.65. The van der Waals surface area contributed by atoms with Gasteiger partial charge in [0.2, 0.25) is 0 Å². The summed E-state index contributed by atoms with van der Waals surface area (Å²) >= 11 is 0. The Morgan fingerprint density at radius 1 is 1.26 bits per heavy atom. The molecule has 1 aliphatic heterocycles. The lowest BCUT2D eigenvalue weighted by molar-refractivity contribution is 0.0405. The van der Waals surface area contributed by atoms with Crippen LogP contribution in [0.1, 0.15) is 29.6 Å². The van der Waals surface area contributed by atoms with E-state index in [1.54, 1.807) is 7.11 Å². The molecule has 1 aromatic carbocycles. The quantitative estimate of drug-likeness (QED) is 0.783. The molecule has 1 heterocycles. The molecular weight excluding hydrogens is 290 g/mol. The zero-order valence-electron chi connectivity index (χ0n) is 13.8. The summed E-state index contributed by atoms with van der Waals surface area (Å²) in [4.78, 5) is 15.1. The zero-order valence-corrected chi connectivity index (χ0v) is 13.8. The molecule has 0 spiro atoms. The van der Waals surface area contributed by atoms with Crippen LogP contribution in [0.2, 0.25) is 0 Å². The number of allylic oxidation sites excluding steroid dienone is 1. The van der Waals surface area contributed by atoms with Gasteiger partial charge in [-0.25, -0.2) is 0 Å². The summed E-state index contributed by atoms with van der Waals surface area (Å²) in [5.74, 6) is 1.42. The molecule has 1 saturated heterocycles. The van der Waals surface area contributed by atoms with Crippen LogP contribution in [0.4, 0.5) is 0 Å². The number of hydrogen-bond acceptors (Lipinski definition) is 4. The van der Waals surface area contributed by atoms with Crippen LogP contribution in [0, 0.1) is 5.92 Å². The normalized spacial score (nSPS) is 22.9. The minimum atomic E-state index is 0.0762.